The molecule has 0 spiro atoms. The van der Waals surface area contributed by atoms with E-state index in [-0.39, 0.29) is 18.4 Å². The van der Waals surface area contributed by atoms with Crippen LogP contribution < -0.4 is 15.5 Å². The zero-order valence-electron chi connectivity index (χ0n) is 21.0. The number of hydrogen-bond acceptors (Lipinski definition) is 7. The van der Waals surface area contributed by atoms with Crippen molar-refractivity contribution in [1.82, 2.24) is 20.2 Å². The summed E-state index contributed by atoms with van der Waals surface area (Å²) in [5, 5.41) is 15.5. The van der Waals surface area contributed by atoms with Crippen LogP contribution in [0.3, 0.4) is 0 Å². The van der Waals surface area contributed by atoms with E-state index >= 15 is 0 Å². The van der Waals surface area contributed by atoms with E-state index in [0.717, 1.165) is 59.6 Å². The number of rotatable bonds is 6. The predicted molar refractivity (Wildman–Crippen MR) is 147 cm³/mol. The van der Waals surface area contributed by atoms with Crippen LogP contribution in [-0.4, -0.2) is 59.4 Å². The van der Waals surface area contributed by atoms with Crippen molar-refractivity contribution in [2.24, 2.45) is 0 Å². The van der Waals surface area contributed by atoms with Crippen LogP contribution in [0.1, 0.15) is 17.3 Å². The zero-order chi connectivity index (χ0) is 26.5. The number of piperazine rings is 1. The van der Waals surface area contributed by atoms with E-state index < -0.39 is 0 Å². The maximum absolute atomic E-state index is 12.1. The van der Waals surface area contributed by atoms with Crippen molar-refractivity contribution in [2.45, 2.75) is 6.92 Å². The number of para-hydroxylation sites is 1. The number of hydrogen-bond donors (Lipinski definition) is 2. The molecule has 0 radical (unpaired) electrons. The van der Waals surface area contributed by atoms with Gasteiger partial charge in [-0.15, -0.1) is 0 Å². The van der Waals surface area contributed by atoms with E-state index in [0.29, 0.717) is 11.5 Å². The van der Waals surface area contributed by atoms with Gasteiger partial charge in [-0.3, -0.25) is 9.59 Å². The quantitative estimate of drug-likeness (QED) is 0.381. The Kier molecular flexibility index (Phi) is 7.13. The molecular weight excluding hydrogens is 478 g/mol. The number of benzene rings is 3. The van der Waals surface area contributed by atoms with Crippen molar-refractivity contribution in [3.8, 4) is 17.2 Å². The van der Waals surface area contributed by atoms with Crippen LogP contribution in [-0.2, 0) is 4.79 Å². The lowest BCUT2D eigenvalue weighted by molar-refractivity contribution is -0.129. The molecule has 0 atom stereocenters. The van der Waals surface area contributed by atoms with Gasteiger partial charge >= 0.3 is 0 Å². The fraction of sp³-hybridized carbons (Fsp3) is 0.207. The van der Waals surface area contributed by atoms with Crippen LogP contribution in [0.2, 0.25) is 0 Å². The van der Waals surface area contributed by atoms with Crippen molar-refractivity contribution >= 4 is 40.0 Å². The van der Waals surface area contributed by atoms with Crippen molar-refractivity contribution in [3.63, 3.8) is 0 Å². The molecule has 0 bridgehead atoms. The minimum absolute atomic E-state index is 0.0317. The third-order valence-electron chi connectivity index (χ3n) is 6.59. The zero-order valence-corrected chi connectivity index (χ0v) is 21.0. The molecule has 0 unspecified atom stereocenters. The number of carbonyl (C=O) groups is 2. The number of fused-ring (bicyclic) bond motifs is 1. The van der Waals surface area contributed by atoms with E-state index in [1.54, 1.807) is 25.3 Å². The van der Waals surface area contributed by atoms with Crippen LogP contribution >= 0.6 is 0 Å². The molecule has 1 aromatic heterocycles. The van der Waals surface area contributed by atoms with E-state index in [1.165, 1.54) is 0 Å². The second kappa shape index (κ2) is 11.0. The molecule has 38 heavy (non-hydrogen) atoms. The molecule has 1 saturated heterocycles. The monoisotopic (exact) mass is 505 g/mol. The molecule has 0 saturated carbocycles. The highest BCUT2D eigenvalue weighted by molar-refractivity contribution is 5.97. The number of anilines is 3. The minimum atomic E-state index is -0.284. The highest BCUT2D eigenvalue weighted by atomic mass is 16.2. The number of nitrogens with one attached hydrogen (secondary N) is 2. The topological polar surface area (TPSA) is 114 Å². The Labute approximate surface area is 220 Å². The summed E-state index contributed by atoms with van der Waals surface area (Å²) in [5.74, 6) is 0.314. The largest absolute Gasteiger partial charge is 0.368 e. The molecule has 9 nitrogen and oxygen atoms in total. The molecule has 2 heterocycles. The number of nitrogens with zero attached hydrogens (tertiary/aromatic N) is 5. The molecule has 5 rings (SSSR count). The summed E-state index contributed by atoms with van der Waals surface area (Å²) in [4.78, 5) is 37.3. The predicted octanol–water partition coefficient (Wildman–Crippen LogP) is 3.96. The maximum Gasteiger partial charge on any atom is 0.252 e. The molecule has 1 aliphatic rings. The van der Waals surface area contributed by atoms with E-state index in [4.69, 9.17) is 10.2 Å². The van der Waals surface area contributed by atoms with E-state index in [1.807, 2.05) is 53.4 Å². The molecule has 4 aromatic rings. The third-order valence-corrected chi connectivity index (χ3v) is 6.59. The Morgan fingerprint density at radius 2 is 1.76 bits per heavy atom. The molecule has 190 valence electrons. The summed E-state index contributed by atoms with van der Waals surface area (Å²) >= 11 is 0. The molecule has 3 aromatic carbocycles. The highest BCUT2D eigenvalue weighted by Gasteiger charge is 2.19. The molecule has 9 heteroatoms. The summed E-state index contributed by atoms with van der Waals surface area (Å²) in [6, 6.07) is 23.2. The normalized spacial score (nSPS) is 13.2. The Morgan fingerprint density at radius 3 is 2.50 bits per heavy atom. The lowest BCUT2D eigenvalue weighted by Crippen LogP contribution is -2.48. The lowest BCUT2D eigenvalue weighted by atomic mass is 10.0. The van der Waals surface area contributed by atoms with E-state index in [2.05, 4.69) is 32.7 Å². The van der Waals surface area contributed by atoms with Crippen LogP contribution in [0.5, 0.6) is 0 Å². The van der Waals surface area contributed by atoms with Gasteiger partial charge in [0, 0.05) is 67.2 Å². The van der Waals surface area contributed by atoms with Gasteiger partial charge in [0.1, 0.15) is 6.54 Å². The summed E-state index contributed by atoms with van der Waals surface area (Å²) in [5.41, 5.74) is 5.09. The van der Waals surface area contributed by atoms with Gasteiger partial charge in [0.05, 0.1) is 11.6 Å². The third kappa shape index (κ3) is 5.39. The van der Waals surface area contributed by atoms with Gasteiger partial charge in [-0.05, 0) is 35.9 Å². The molecule has 0 aliphatic carbocycles. The van der Waals surface area contributed by atoms with Gasteiger partial charge in [-0.2, -0.15) is 5.26 Å². The second-order valence-electron chi connectivity index (χ2n) is 9.02. The Morgan fingerprint density at radius 1 is 1.00 bits per heavy atom. The van der Waals surface area contributed by atoms with Crippen LogP contribution in [0.4, 0.5) is 17.3 Å². The fourth-order valence-electron chi connectivity index (χ4n) is 4.56. The SMILES string of the molecule is CC(=O)N1CCN(c2cccc(Nc3ncc4cccc(-c5ccc(C(=O)NCC#N)cc5)c4n3)c2)CC1. The molecule has 1 aliphatic heterocycles. The van der Waals surface area contributed by atoms with Crippen molar-refractivity contribution < 1.29 is 9.59 Å². The van der Waals surface area contributed by atoms with Gasteiger partial charge in [-0.1, -0.05) is 36.4 Å². The Bertz CT molecular complexity index is 1520. The summed E-state index contributed by atoms with van der Waals surface area (Å²) in [6.07, 6.45) is 1.79. The number of nitriles is 1. The van der Waals surface area contributed by atoms with Crippen LogP contribution in [0.15, 0.2) is 72.9 Å². The first-order valence-corrected chi connectivity index (χ1v) is 12.4. The summed E-state index contributed by atoms with van der Waals surface area (Å²) < 4.78 is 0. The number of aromatic nitrogens is 2. The van der Waals surface area contributed by atoms with E-state index in [9.17, 15) is 9.59 Å². The highest BCUT2D eigenvalue weighted by Crippen LogP contribution is 2.29. The van der Waals surface area contributed by atoms with Gasteiger partial charge < -0.3 is 20.4 Å². The molecule has 2 amide bonds. The lowest BCUT2D eigenvalue weighted by Gasteiger charge is -2.35. The van der Waals surface area contributed by atoms with Gasteiger partial charge in [0.2, 0.25) is 11.9 Å². The summed E-state index contributed by atoms with van der Waals surface area (Å²) in [6.45, 7) is 4.59. The Hall–Kier alpha value is -4.97. The van der Waals surface area contributed by atoms with Crippen molar-refractivity contribution in [2.75, 3.05) is 42.9 Å². The maximum atomic E-state index is 12.1. The van der Waals surface area contributed by atoms with Crippen molar-refractivity contribution in [1.29, 1.82) is 5.26 Å². The van der Waals surface area contributed by atoms with Gasteiger partial charge in [0.25, 0.3) is 5.91 Å². The Balaban J connectivity index is 1.36. The van der Waals surface area contributed by atoms with Gasteiger partial charge in [-0.25, -0.2) is 9.97 Å². The first-order chi connectivity index (χ1) is 18.5. The first kappa shape index (κ1) is 24.7. The van der Waals surface area contributed by atoms with Crippen LogP contribution in [0, 0.1) is 11.3 Å². The fourth-order valence-corrected chi connectivity index (χ4v) is 4.56. The average molecular weight is 506 g/mol. The number of amides is 2. The smallest absolute Gasteiger partial charge is 0.252 e. The summed E-state index contributed by atoms with van der Waals surface area (Å²) in [7, 11) is 0. The standard InChI is InChI=1S/C29H27N7O2/c1-20(37)35-14-16-36(17-15-35)25-6-3-5-24(18-25)33-29-32-19-23-4-2-7-26(27(23)34-29)21-8-10-22(11-9-21)28(38)31-13-12-30/h2-11,18-19H,13-17H2,1H3,(H,31,38)(H,32,33,34). The van der Waals surface area contributed by atoms with Crippen LogP contribution in [0.25, 0.3) is 22.0 Å². The molecule has 2 N–H and O–H groups in total. The van der Waals surface area contributed by atoms with Crippen molar-refractivity contribution in [3.05, 3.63) is 78.5 Å². The molecule has 1 fully saturated rings. The van der Waals surface area contributed by atoms with Gasteiger partial charge in [0.15, 0.2) is 0 Å². The first-order valence-electron chi connectivity index (χ1n) is 12.4. The number of carbonyl (C=O) groups excluding carboxylic acids is 2. The second-order valence-corrected chi connectivity index (χ2v) is 9.02. The molecular formula is C29H27N7O2. The minimum Gasteiger partial charge on any atom is -0.368 e. The average Bonchev–Trinajstić information content (AvgIpc) is 2.96.